The van der Waals surface area contributed by atoms with Crippen LogP contribution in [0.2, 0.25) is 0 Å². The minimum absolute atomic E-state index is 0.111. The molecule has 2 aromatic carbocycles. The minimum Gasteiger partial charge on any atom is -0.469 e. The highest BCUT2D eigenvalue weighted by Crippen LogP contribution is 2.40. The van der Waals surface area contributed by atoms with Gasteiger partial charge in [0.25, 0.3) is 0 Å². The van der Waals surface area contributed by atoms with E-state index in [0.29, 0.717) is 0 Å². The molecular formula is C22H24N4O2. The van der Waals surface area contributed by atoms with Gasteiger partial charge in [-0.15, -0.1) is 0 Å². The SMILES string of the molecule is COC(=O)C[C@H](n1c(-c2ccc3cn[nH]c3c2)nc2ccccc21)C(C)(C)C. The Kier molecular flexibility index (Phi) is 4.41. The second-order valence-corrected chi connectivity index (χ2v) is 8.13. The monoisotopic (exact) mass is 376 g/mol. The summed E-state index contributed by atoms with van der Waals surface area (Å²) in [4.78, 5) is 17.1. The summed E-state index contributed by atoms with van der Waals surface area (Å²) < 4.78 is 7.18. The molecule has 6 heteroatoms. The number of fused-ring (bicyclic) bond motifs is 2. The summed E-state index contributed by atoms with van der Waals surface area (Å²) in [6.07, 6.45) is 2.08. The van der Waals surface area contributed by atoms with Crippen molar-refractivity contribution in [2.24, 2.45) is 5.41 Å². The van der Waals surface area contributed by atoms with Gasteiger partial charge in [0.15, 0.2) is 0 Å². The molecule has 0 aliphatic rings. The Morgan fingerprint density at radius 2 is 2.00 bits per heavy atom. The number of imidazole rings is 1. The Morgan fingerprint density at radius 1 is 1.21 bits per heavy atom. The molecule has 1 N–H and O–H groups in total. The van der Waals surface area contributed by atoms with Crippen molar-refractivity contribution >= 4 is 27.9 Å². The average Bonchev–Trinajstić information content (AvgIpc) is 3.28. The number of H-pyrrole nitrogens is 1. The van der Waals surface area contributed by atoms with Crippen molar-refractivity contribution in [3.8, 4) is 11.4 Å². The third-order valence-electron chi connectivity index (χ3n) is 5.19. The van der Waals surface area contributed by atoms with Crippen LogP contribution in [0.1, 0.15) is 33.2 Å². The maximum atomic E-state index is 12.2. The number of hydrogen-bond donors (Lipinski definition) is 1. The maximum absolute atomic E-state index is 12.2. The van der Waals surface area contributed by atoms with Crippen molar-refractivity contribution in [3.63, 3.8) is 0 Å². The molecule has 28 heavy (non-hydrogen) atoms. The van der Waals surface area contributed by atoms with Crippen molar-refractivity contribution in [3.05, 3.63) is 48.7 Å². The zero-order valence-electron chi connectivity index (χ0n) is 16.6. The summed E-state index contributed by atoms with van der Waals surface area (Å²) in [7, 11) is 1.43. The summed E-state index contributed by atoms with van der Waals surface area (Å²) in [5.41, 5.74) is 3.67. The molecule has 0 amide bonds. The molecule has 0 spiro atoms. The van der Waals surface area contributed by atoms with Crippen molar-refractivity contribution in [1.29, 1.82) is 0 Å². The van der Waals surface area contributed by atoms with Crippen LogP contribution in [0.25, 0.3) is 33.3 Å². The molecule has 0 radical (unpaired) electrons. The van der Waals surface area contributed by atoms with Crippen LogP contribution in [0.3, 0.4) is 0 Å². The van der Waals surface area contributed by atoms with Crippen LogP contribution in [0.4, 0.5) is 0 Å². The van der Waals surface area contributed by atoms with Crippen molar-refractivity contribution < 1.29 is 9.53 Å². The van der Waals surface area contributed by atoms with Gasteiger partial charge in [-0.25, -0.2) is 4.98 Å². The lowest BCUT2D eigenvalue weighted by Gasteiger charge is -2.33. The van der Waals surface area contributed by atoms with E-state index in [0.717, 1.165) is 33.3 Å². The summed E-state index contributed by atoms with van der Waals surface area (Å²) >= 11 is 0. The molecule has 0 saturated heterocycles. The van der Waals surface area contributed by atoms with Gasteiger partial charge in [0.2, 0.25) is 0 Å². The minimum atomic E-state index is -0.229. The first-order valence-electron chi connectivity index (χ1n) is 9.36. The molecule has 1 atom stereocenters. The van der Waals surface area contributed by atoms with Gasteiger partial charge in [0.1, 0.15) is 5.82 Å². The quantitative estimate of drug-likeness (QED) is 0.523. The van der Waals surface area contributed by atoms with E-state index < -0.39 is 0 Å². The highest BCUT2D eigenvalue weighted by atomic mass is 16.5. The number of benzene rings is 2. The van der Waals surface area contributed by atoms with Crippen LogP contribution in [0.15, 0.2) is 48.7 Å². The molecule has 6 nitrogen and oxygen atoms in total. The molecule has 144 valence electrons. The lowest BCUT2D eigenvalue weighted by molar-refractivity contribution is -0.142. The summed E-state index contributed by atoms with van der Waals surface area (Å²) in [6, 6.07) is 14.1. The smallest absolute Gasteiger partial charge is 0.307 e. The fraction of sp³-hybridized carbons (Fsp3) is 0.318. The van der Waals surface area contributed by atoms with Gasteiger partial charge in [-0.05, 0) is 23.6 Å². The van der Waals surface area contributed by atoms with E-state index in [1.165, 1.54) is 7.11 Å². The fourth-order valence-electron chi connectivity index (χ4n) is 3.67. The zero-order valence-corrected chi connectivity index (χ0v) is 16.6. The molecule has 2 aromatic heterocycles. The topological polar surface area (TPSA) is 72.8 Å². The van der Waals surface area contributed by atoms with Gasteiger partial charge in [-0.2, -0.15) is 5.10 Å². The first kappa shape index (κ1) is 18.2. The third kappa shape index (κ3) is 3.15. The number of methoxy groups -OCH3 is 1. The average molecular weight is 376 g/mol. The molecule has 0 aliphatic heterocycles. The number of nitrogens with zero attached hydrogens (tertiary/aromatic N) is 3. The number of ether oxygens (including phenoxy) is 1. The highest BCUT2D eigenvalue weighted by molar-refractivity contribution is 5.86. The van der Waals surface area contributed by atoms with Crippen LogP contribution in [-0.4, -0.2) is 32.8 Å². The predicted molar refractivity (Wildman–Crippen MR) is 110 cm³/mol. The van der Waals surface area contributed by atoms with E-state index in [1.54, 1.807) is 6.20 Å². The number of aromatic amines is 1. The normalized spacial score (nSPS) is 13.1. The van der Waals surface area contributed by atoms with Gasteiger partial charge >= 0.3 is 5.97 Å². The summed E-state index contributed by atoms with van der Waals surface area (Å²) in [5, 5.41) is 8.18. The number of carbonyl (C=O) groups is 1. The largest absolute Gasteiger partial charge is 0.469 e. The zero-order chi connectivity index (χ0) is 19.9. The number of para-hydroxylation sites is 2. The molecule has 0 fully saturated rings. The summed E-state index contributed by atoms with van der Waals surface area (Å²) in [6.45, 7) is 6.41. The van der Waals surface area contributed by atoms with Crippen molar-refractivity contribution in [2.75, 3.05) is 7.11 Å². The molecule has 2 heterocycles. The molecule has 0 unspecified atom stereocenters. The Hall–Kier alpha value is -3.15. The van der Waals surface area contributed by atoms with E-state index in [2.05, 4.69) is 47.7 Å². The summed E-state index contributed by atoms with van der Waals surface area (Å²) in [5.74, 6) is 0.606. The maximum Gasteiger partial charge on any atom is 0.307 e. The van der Waals surface area contributed by atoms with E-state index in [4.69, 9.17) is 9.72 Å². The molecule has 4 rings (SSSR count). The number of nitrogens with one attached hydrogen (secondary N) is 1. The van der Waals surface area contributed by atoms with Crippen LogP contribution in [-0.2, 0) is 9.53 Å². The number of esters is 1. The van der Waals surface area contributed by atoms with Gasteiger partial charge < -0.3 is 9.30 Å². The van der Waals surface area contributed by atoms with E-state index in [9.17, 15) is 4.79 Å². The molecule has 0 saturated carbocycles. The van der Waals surface area contributed by atoms with Crippen molar-refractivity contribution in [2.45, 2.75) is 33.2 Å². The first-order valence-corrected chi connectivity index (χ1v) is 9.36. The van der Waals surface area contributed by atoms with Crippen LogP contribution in [0.5, 0.6) is 0 Å². The van der Waals surface area contributed by atoms with Gasteiger partial charge in [-0.3, -0.25) is 9.89 Å². The second-order valence-electron chi connectivity index (χ2n) is 8.13. The third-order valence-corrected chi connectivity index (χ3v) is 5.19. The van der Waals surface area contributed by atoms with E-state index >= 15 is 0 Å². The Morgan fingerprint density at radius 3 is 2.75 bits per heavy atom. The lowest BCUT2D eigenvalue weighted by atomic mass is 9.84. The molecule has 0 aliphatic carbocycles. The van der Waals surface area contributed by atoms with Crippen molar-refractivity contribution in [1.82, 2.24) is 19.7 Å². The highest BCUT2D eigenvalue weighted by Gasteiger charge is 2.32. The fourth-order valence-corrected chi connectivity index (χ4v) is 3.67. The lowest BCUT2D eigenvalue weighted by Crippen LogP contribution is -2.28. The second kappa shape index (κ2) is 6.78. The van der Waals surface area contributed by atoms with Gasteiger partial charge in [-0.1, -0.05) is 45.0 Å². The number of carbonyl (C=O) groups excluding carboxylic acids is 1. The Labute approximate surface area is 163 Å². The van der Waals surface area contributed by atoms with Gasteiger partial charge in [0.05, 0.1) is 42.3 Å². The van der Waals surface area contributed by atoms with Gasteiger partial charge in [0, 0.05) is 10.9 Å². The van der Waals surface area contributed by atoms with E-state index in [-0.39, 0.29) is 23.8 Å². The Balaban J connectivity index is 1.97. The Bertz CT molecular complexity index is 1150. The number of rotatable bonds is 4. The molecule has 4 aromatic rings. The van der Waals surface area contributed by atoms with Crippen LogP contribution < -0.4 is 0 Å². The molecular weight excluding hydrogens is 352 g/mol. The standard InChI is InChI=1S/C22H24N4O2/c1-22(2,3)19(12-20(27)28-4)26-18-8-6-5-7-16(18)24-21(26)14-9-10-15-13-23-25-17(15)11-14/h5-11,13,19H,12H2,1-4H3,(H,23,25)/t19-/m0/s1. The van der Waals surface area contributed by atoms with E-state index in [1.807, 2.05) is 30.3 Å². The number of hydrogen-bond acceptors (Lipinski definition) is 4. The van der Waals surface area contributed by atoms with Crippen LogP contribution in [0, 0.1) is 5.41 Å². The number of aromatic nitrogens is 4. The van der Waals surface area contributed by atoms with Crippen LogP contribution >= 0.6 is 0 Å². The first-order chi connectivity index (χ1) is 13.4. The molecule has 0 bridgehead atoms. The predicted octanol–water partition coefficient (Wildman–Crippen LogP) is 4.73.